The fourth-order valence-corrected chi connectivity index (χ4v) is 0.988. The van der Waals surface area contributed by atoms with Gasteiger partial charge in [0.05, 0.1) is 6.04 Å². The average Bonchev–Trinajstić information content (AvgIpc) is 2.18. The van der Waals surface area contributed by atoms with Gasteiger partial charge < -0.3 is 11.1 Å². The predicted molar refractivity (Wildman–Crippen MR) is 57.1 cm³/mol. The molecule has 0 saturated carbocycles. The van der Waals surface area contributed by atoms with Crippen molar-refractivity contribution in [3.63, 3.8) is 0 Å². The van der Waals surface area contributed by atoms with Gasteiger partial charge in [0, 0.05) is 12.5 Å². The van der Waals surface area contributed by atoms with E-state index in [4.69, 9.17) is 23.8 Å². The number of hydrogen-bond acceptors (Lipinski definition) is 4. The molecule has 3 N–H and O–H groups in total. The van der Waals surface area contributed by atoms with E-state index in [1.165, 1.54) is 12.4 Å². The van der Waals surface area contributed by atoms with E-state index in [0.717, 1.165) is 0 Å². The standard InChI is InChI=1S/C9H9ClN4O/c1-2-3-6(11)9(15)14-8-4-7(10)12-5-13-8/h1,4-6H,3,11H2,(H,12,13,14,15). The fraction of sp³-hybridized carbons (Fsp3) is 0.222. The van der Waals surface area contributed by atoms with Crippen LogP contribution < -0.4 is 11.1 Å². The molecule has 0 aliphatic rings. The highest BCUT2D eigenvalue weighted by Gasteiger charge is 2.12. The molecule has 0 aliphatic carbocycles. The maximum absolute atomic E-state index is 11.4. The second kappa shape index (κ2) is 5.29. The van der Waals surface area contributed by atoms with Crippen molar-refractivity contribution in [2.24, 2.45) is 5.73 Å². The molecule has 1 rings (SSSR count). The van der Waals surface area contributed by atoms with Crippen molar-refractivity contribution in [3.05, 3.63) is 17.5 Å². The number of carbonyl (C=O) groups excluding carboxylic acids is 1. The second-order valence-electron chi connectivity index (χ2n) is 2.73. The lowest BCUT2D eigenvalue weighted by molar-refractivity contribution is -0.117. The Labute approximate surface area is 92.0 Å². The minimum absolute atomic E-state index is 0.171. The van der Waals surface area contributed by atoms with Crippen molar-refractivity contribution >= 4 is 23.3 Å². The van der Waals surface area contributed by atoms with Crippen LogP contribution in [0.5, 0.6) is 0 Å². The minimum Gasteiger partial charge on any atom is -0.319 e. The number of halogens is 1. The zero-order valence-electron chi connectivity index (χ0n) is 7.77. The summed E-state index contributed by atoms with van der Waals surface area (Å²) in [5, 5.41) is 2.71. The van der Waals surface area contributed by atoms with E-state index in [1.54, 1.807) is 0 Å². The molecule has 6 heteroatoms. The van der Waals surface area contributed by atoms with Crippen LogP contribution in [0, 0.1) is 12.3 Å². The summed E-state index contributed by atoms with van der Waals surface area (Å²) in [6, 6.07) is 0.672. The van der Waals surface area contributed by atoms with Crippen LogP contribution in [0.4, 0.5) is 5.82 Å². The Kier molecular flexibility index (Phi) is 4.03. The lowest BCUT2D eigenvalue weighted by Crippen LogP contribution is -2.35. The highest BCUT2D eigenvalue weighted by Crippen LogP contribution is 2.08. The van der Waals surface area contributed by atoms with Crippen LogP contribution in [0.25, 0.3) is 0 Å². The Morgan fingerprint density at radius 2 is 2.47 bits per heavy atom. The van der Waals surface area contributed by atoms with Crippen LogP contribution in [-0.2, 0) is 4.79 Å². The normalized spacial score (nSPS) is 11.5. The van der Waals surface area contributed by atoms with Gasteiger partial charge in [-0.15, -0.1) is 12.3 Å². The van der Waals surface area contributed by atoms with Crippen LogP contribution in [0.2, 0.25) is 5.15 Å². The molecule has 0 spiro atoms. The third-order valence-electron chi connectivity index (χ3n) is 1.56. The van der Waals surface area contributed by atoms with Gasteiger partial charge in [0.25, 0.3) is 0 Å². The third kappa shape index (κ3) is 3.54. The fourth-order valence-electron chi connectivity index (χ4n) is 0.841. The summed E-state index contributed by atoms with van der Waals surface area (Å²) < 4.78 is 0. The molecule has 15 heavy (non-hydrogen) atoms. The second-order valence-corrected chi connectivity index (χ2v) is 3.12. The third-order valence-corrected chi connectivity index (χ3v) is 1.77. The van der Waals surface area contributed by atoms with Gasteiger partial charge in [-0.3, -0.25) is 4.79 Å². The zero-order chi connectivity index (χ0) is 11.3. The number of terminal acetylenes is 1. The molecule has 0 aliphatic heterocycles. The number of amides is 1. The van der Waals surface area contributed by atoms with Crippen LogP contribution in [-0.4, -0.2) is 21.9 Å². The molecular weight excluding hydrogens is 216 g/mol. The summed E-state index contributed by atoms with van der Waals surface area (Å²) in [5.74, 6) is 2.20. The first kappa shape index (κ1) is 11.4. The lowest BCUT2D eigenvalue weighted by atomic mass is 10.2. The van der Waals surface area contributed by atoms with E-state index in [1.807, 2.05) is 0 Å². The number of anilines is 1. The Hall–Kier alpha value is -1.64. The average molecular weight is 225 g/mol. The van der Waals surface area contributed by atoms with E-state index in [2.05, 4.69) is 21.2 Å². The molecule has 0 fully saturated rings. The van der Waals surface area contributed by atoms with E-state index in [0.29, 0.717) is 5.82 Å². The maximum atomic E-state index is 11.4. The molecule has 78 valence electrons. The van der Waals surface area contributed by atoms with E-state index in [-0.39, 0.29) is 11.6 Å². The first-order chi connectivity index (χ1) is 7.13. The number of nitrogens with zero attached hydrogens (tertiary/aromatic N) is 2. The van der Waals surface area contributed by atoms with Gasteiger partial charge in [-0.05, 0) is 0 Å². The number of hydrogen-bond donors (Lipinski definition) is 2. The summed E-state index contributed by atoms with van der Waals surface area (Å²) in [5.41, 5.74) is 5.48. The molecule has 1 aromatic heterocycles. The molecule has 1 heterocycles. The molecule has 0 saturated heterocycles. The van der Waals surface area contributed by atoms with Crippen molar-refractivity contribution in [3.8, 4) is 12.3 Å². The van der Waals surface area contributed by atoms with Gasteiger partial charge in [-0.1, -0.05) is 11.6 Å². The predicted octanol–water partition coefficient (Wildman–Crippen LogP) is 0.419. The van der Waals surface area contributed by atoms with Gasteiger partial charge in [0.2, 0.25) is 5.91 Å². The summed E-state index contributed by atoms with van der Waals surface area (Å²) in [4.78, 5) is 18.8. The maximum Gasteiger partial charge on any atom is 0.243 e. The van der Waals surface area contributed by atoms with Gasteiger partial charge in [0.1, 0.15) is 17.3 Å². The number of carbonyl (C=O) groups is 1. The number of aromatic nitrogens is 2. The van der Waals surface area contributed by atoms with Crippen molar-refractivity contribution in [2.45, 2.75) is 12.5 Å². The van der Waals surface area contributed by atoms with E-state index < -0.39 is 11.9 Å². The van der Waals surface area contributed by atoms with Gasteiger partial charge in [-0.2, -0.15) is 0 Å². The minimum atomic E-state index is -0.747. The van der Waals surface area contributed by atoms with Crippen molar-refractivity contribution in [1.29, 1.82) is 0 Å². The molecule has 1 atom stereocenters. The Bertz CT molecular complexity index is 401. The molecular formula is C9H9ClN4O. The Morgan fingerprint density at radius 3 is 3.07 bits per heavy atom. The first-order valence-electron chi connectivity index (χ1n) is 4.11. The van der Waals surface area contributed by atoms with Gasteiger partial charge in [-0.25, -0.2) is 9.97 Å². The van der Waals surface area contributed by atoms with Gasteiger partial charge >= 0.3 is 0 Å². The number of rotatable bonds is 3. The Balaban J connectivity index is 2.63. The molecule has 5 nitrogen and oxygen atoms in total. The Morgan fingerprint density at radius 1 is 1.73 bits per heavy atom. The molecule has 0 aromatic carbocycles. The quantitative estimate of drug-likeness (QED) is 0.576. The highest BCUT2D eigenvalue weighted by atomic mass is 35.5. The highest BCUT2D eigenvalue weighted by molar-refractivity contribution is 6.29. The largest absolute Gasteiger partial charge is 0.319 e. The van der Waals surface area contributed by atoms with Crippen molar-refractivity contribution < 1.29 is 4.79 Å². The van der Waals surface area contributed by atoms with Crippen LogP contribution in [0.15, 0.2) is 12.4 Å². The SMILES string of the molecule is C#CCC(N)C(=O)Nc1cc(Cl)ncn1. The van der Waals surface area contributed by atoms with Gasteiger partial charge in [0.15, 0.2) is 0 Å². The monoisotopic (exact) mass is 224 g/mol. The van der Waals surface area contributed by atoms with Crippen LogP contribution >= 0.6 is 11.6 Å². The lowest BCUT2D eigenvalue weighted by Gasteiger charge is -2.08. The van der Waals surface area contributed by atoms with E-state index in [9.17, 15) is 4.79 Å². The van der Waals surface area contributed by atoms with Crippen molar-refractivity contribution in [1.82, 2.24) is 9.97 Å². The van der Waals surface area contributed by atoms with Crippen LogP contribution in [0.1, 0.15) is 6.42 Å². The smallest absolute Gasteiger partial charge is 0.243 e. The summed E-state index contributed by atoms with van der Waals surface area (Å²) in [7, 11) is 0. The zero-order valence-corrected chi connectivity index (χ0v) is 8.53. The summed E-state index contributed by atoms with van der Waals surface area (Å²) in [6.07, 6.45) is 6.44. The molecule has 1 aromatic rings. The van der Waals surface area contributed by atoms with E-state index >= 15 is 0 Å². The molecule has 0 bridgehead atoms. The summed E-state index contributed by atoms with van der Waals surface area (Å²) >= 11 is 5.60. The number of nitrogens with two attached hydrogens (primary N) is 1. The van der Waals surface area contributed by atoms with Crippen LogP contribution in [0.3, 0.4) is 0 Å². The molecule has 1 amide bonds. The first-order valence-corrected chi connectivity index (χ1v) is 4.48. The summed E-state index contributed by atoms with van der Waals surface area (Å²) in [6.45, 7) is 0. The topological polar surface area (TPSA) is 80.9 Å². The van der Waals surface area contributed by atoms with Crippen molar-refractivity contribution in [2.75, 3.05) is 5.32 Å². The number of nitrogens with one attached hydrogen (secondary N) is 1. The molecule has 1 unspecified atom stereocenters. The molecule has 0 radical (unpaired) electrons.